The highest BCUT2D eigenvalue weighted by atomic mass is 35.5. The molecule has 0 aliphatic carbocycles. The molecule has 1 fully saturated rings. The van der Waals surface area contributed by atoms with Gasteiger partial charge in [-0.3, -0.25) is 14.6 Å². The number of rotatable bonds is 9. The summed E-state index contributed by atoms with van der Waals surface area (Å²) in [5.74, 6) is 0.872. The lowest BCUT2D eigenvalue weighted by Gasteiger charge is -2.27. The normalized spacial score (nSPS) is 14.6. The van der Waals surface area contributed by atoms with Gasteiger partial charge in [0.2, 0.25) is 5.91 Å². The molecule has 1 aliphatic heterocycles. The maximum Gasteiger partial charge on any atom is 0.229 e. The Hall–Kier alpha value is -1.64. The number of aromatic nitrogens is 1. The lowest BCUT2D eigenvalue weighted by molar-refractivity contribution is -0.118. The fourth-order valence-corrected chi connectivity index (χ4v) is 6.19. The fourth-order valence-electron chi connectivity index (χ4n) is 3.89. The van der Waals surface area contributed by atoms with E-state index in [1.807, 2.05) is 24.0 Å². The number of benzene rings is 2. The van der Waals surface area contributed by atoms with Crippen LogP contribution in [-0.2, 0) is 9.53 Å². The van der Waals surface area contributed by atoms with Crippen LogP contribution in [0.3, 0.4) is 0 Å². The van der Waals surface area contributed by atoms with Crippen molar-refractivity contribution in [1.29, 1.82) is 0 Å². The van der Waals surface area contributed by atoms with Crippen LogP contribution in [0.1, 0.15) is 24.0 Å². The first-order valence-electron chi connectivity index (χ1n) is 11.4. The number of aryl methyl sites for hydroxylation is 2. The second kappa shape index (κ2) is 11.7. The third-order valence-corrected chi connectivity index (χ3v) is 7.99. The van der Waals surface area contributed by atoms with Gasteiger partial charge in [0, 0.05) is 48.3 Å². The first-order chi connectivity index (χ1) is 16.0. The minimum Gasteiger partial charge on any atom is -0.379 e. The average Bonchev–Trinajstić information content (AvgIpc) is 3.22. The van der Waals surface area contributed by atoms with Crippen LogP contribution in [0.2, 0.25) is 5.02 Å². The number of carbonyl (C=O) groups excluding carboxylic acids is 1. The molecule has 2 aromatic carbocycles. The van der Waals surface area contributed by atoms with E-state index < -0.39 is 0 Å². The smallest absolute Gasteiger partial charge is 0.229 e. The van der Waals surface area contributed by atoms with E-state index in [4.69, 9.17) is 21.3 Å². The number of anilines is 1. The number of halogens is 1. The van der Waals surface area contributed by atoms with E-state index in [2.05, 4.69) is 36.1 Å². The Kier molecular flexibility index (Phi) is 8.66. The quantitative estimate of drug-likeness (QED) is 0.345. The second-order valence-electron chi connectivity index (χ2n) is 8.33. The molecule has 2 heterocycles. The molecule has 176 valence electrons. The molecule has 0 saturated carbocycles. The first-order valence-corrected chi connectivity index (χ1v) is 13.5. The molecular weight excluding hydrogens is 474 g/mol. The number of hydrogen-bond acceptors (Lipinski definition) is 6. The molecule has 1 aromatic heterocycles. The number of ether oxygens (including phenoxy) is 1. The molecule has 1 aliphatic rings. The van der Waals surface area contributed by atoms with Gasteiger partial charge >= 0.3 is 0 Å². The third kappa shape index (κ3) is 6.70. The highest BCUT2D eigenvalue weighted by molar-refractivity contribution is 7.99. The van der Waals surface area contributed by atoms with Crippen LogP contribution in [0.25, 0.3) is 10.2 Å². The third-order valence-electron chi connectivity index (χ3n) is 5.74. The van der Waals surface area contributed by atoms with E-state index in [1.54, 1.807) is 23.1 Å². The summed E-state index contributed by atoms with van der Waals surface area (Å²) in [5.41, 5.74) is 3.21. The van der Waals surface area contributed by atoms with Crippen molar-refractivity contribution in [1.82, 2.24) is 9.88 Å². The van der Waals surface area contributed by atoms with Crippen LogP contribution in [0.5, 0.6) is 0 Å². The molecule has 0 atom stereocenters. The molecule has 0 spiro atoms. The van der Waals surface area contributed by atoms with Crippen LogP contribution >= 0.6 is 34.7 Å². The zero-order chi connectivity index (χ0) is 23.2. The molecule has 5 nitrogen and oxygen atoms in total. The summed E-state index contributed by atoms with van der Waals surface area (Å²) in [6, 6.07) is 12.3. The van der Waals surface area contributed by atoms with Crippen molar-refractivity contribution < 1.29 is 9.53 Å². The van der Waals surface area contributed by atoms with Gasteiger partial charge in [0.05, 0.1) is 23.4 Å². The summed E-state index contributed by atoms with van der Waals surface area (Å²) >= 11 is 9.53. The molecule has 0 unspecified atom stereocenters. The molecule has 1 saturated heterocycles. The monoisotopic (exact) mass is 503 g/mol. The summed E-state index contributed by atoms with van der Waals surface area (Å²) in [7, 11) is 0. The average molecular weight is 504 g/mol. The van der Waals surface area contributed by atoms with Gasteiger partial charge in [-0.05, 0) is 50.1 Å². The Labute approximate surface area is 209 Å². The number of hydrogen-bond donors (Lipinski definition) is 0. The minimum atomic E-state index is 0.124. The maximum atomic E-state index is 13.3. The summed E-state index contributed by atoms with van der Waals surface area (Å²) in [6.45, 7) is 9.21. The van der Waals surface area contributed by atoms with Gasteiger partial charge in [0.15, 0.2) is 5.13 Å². The number of thiazole rings is 1. The van der Waals surface area contributed by atoms with Crippen molar-refractivity contribution in [3.63, 3.8) is 0 Å². The fraction of sp³-hybridized carbons (Fsp3) is 0.440. The highest BCUT2D eigenvalue weighted by Crippen LogP contribution is 2.33. The van der Waals surface area contributed by atoms with Crippen LogP contribution in [0.15, 0.2) is 41.3 Å². The maximum absolute atomic E-state index is 13.3. The number of carbonyl (C=O) groups is 1. The van der Waals surface area contributed by atoms with E-state index in [9.17, 15) is 4.79 Å². The van der Waals surface area contributed by atoms with Crippen molar-refractivity contribution in [2.75, 3.05) is 50.0 Å². The zero-order valence-electron chi connectivity index (χ0n) is 19.2. The molecular formula is C25H30ClN3O2S2. The van der Waals surface area contributed by atoms with Crippen molar-refractivity contribution in [2.24, 2.45) is 0 Å². The molecule has 0 bridgehead atoms. The van der Waals surface area contributed by atoms with E-state index in [-0.39, 0.29) is 5.91 Å². The van der Waals surface area contributed by atoms with Gasteiger partial charge in [-0.1, -0.05) is 40.6 Å². The Morgan fingerprint density at radius 2 is 1.97 bits per heavy atom. The van der Waals surface area contributed by atoms with Crippen LogP contribution in [-0.4, -0.2) is 60.9 Å². The zero-order valence-corrected chi connectivity index (χ0v) is 21.6. The number of fused-ring (bicyclic) bond motifs is 1. The van der Waals surface area contributed by atoms with Crippen LogP contribution in [0, 0.1) is 13.8 Å². The van der Waals surface area contributed by atoms with Crippen molar-refractivity contribution in [3.8, 4) is 0 Å². The molecule has 1 amide bonds. The van der Waals surface area contributed by atoms with Crippen LogP contribution < -0.4 is 4.90 Å². The second-order valence-corrected chi connectivity index (χ2v) is 10.9. The van der Waals surface area contributed by atoms with Gasteiger partial charge < -0.3 is 4.74 Å². The molecule has 0 radical (unpaired) electrons. The Morgan fingerprint density at radius 1 is 1.21 bits per heavy atom. The van der Waals surface area contributed by atoms with Gasteiger partial charge in [-0.25, -0.2) is 4.98 Å². The predicted molar refractivity (Wildman–Crippen MR) is 140 cm³/mol. The highest BCUT2D eigenvalue weighted by Gasteiger charge is 2.21. The van der Waals surface area contributed by atoms with Crippen molar-refractivity contribution >= 4 is 56.0 Å². The van der Waals surface area contributed by atoms with Gasteiger partial charge in [-0.2, -0.15) is 0 Å². The Morgan fingerprint density at radius 3 is 2.73 bits per heavy atom. The van der Waals surface area contributed by atoms with E-state index in [0.29, 0.717) is 18.0 Å². The largest absolute Gasteiger partial charge is 0.379 e. The van der Waals surface area contributed by atoms with Gasteiger partial charge in [-0.15, -0.1) is 11.8 Å². The number of nitrogens with zero attached hydrogens (tertiary/aromatic N) is 3. The van der Waals surface area contributed by atoms with E-state index in [0.717, 1.165) is 65.9 Å². The molecule has 8 heteroatoms. The SMILES string of the molecule is Cc1ccc(SCCC(=O)N(CCCN2CCOCC2)c2nc3c(C)cc(Cl)cc3s2)cc1. The summed E-state index contributed by atoms with van der Waals surface area (Å²) in [5, 5.41) is 1.47. The Balaban J connectivity index is 1.44. The first kappa shape index (κ1) is 24.5. The van der Waals surface area contributed by atoms with Gasteiger partial charge in [0.1, 0.15) is 0 Å². The number of thioether (sulfide) groups is 1. The predicted octanol–water partition coefficient (Wildman–Crippen LogP) is 5.80. The van der Waals surface area contributed by atoms with E-state index >= 15 is 0 Å². The Bertz CT molecular complexity index is 1080. The molecule has 3 aromatic rings. The van der Waals surface area contributed by atoms with Crippen molar-refractivity contribution in [3.05, 3.63) is 52.5 Å². The van der Waals surface area contributed by atoms with E-state index in [1.165, 1.54) is 10.5 Å². The minimum absolute atomic E-state index is 0.124. The van der Waals surface area contributed by atoms with Gasteiger partial charge in [0.25, 0.3) is 0 Å². The standard InChI is InChI=1S/C25H30ClN3O2S2/c1-18-4-6-21(7-5-18)32-15-8-23(30)29(10-3-9-28-11-13-31-14-12-28)25-27-24-19(2)16-20(26)17-22(24)33-25/h4-7,16-17H,3,8-15H2,1-2H3. The topological polar surface area (TPSA) is 45.7 Å². The number of morpholine rings is 1. The summed E-state index contributed by atoms with van der Waals surface area (Å²) in [4.78, 5) is 23.6. The number of amides is 1. The molecule has 0 N–H and O–H groups in total. The molecule has 4 rings (SSSR count). The molecule has 33 heavy (non-hydrogen) atoms. The summed E-state index contributed by atoms with van der Waals surface area (Å²) in [6.07, 6.45) is 1.39. The summed E-state index contributed by atoms with van der Waals surface area (Å²) < 4.78 is 6.47. The lowest BCUT2D eigenvalue weighted by atomic mass is 10.2. The van der Waals surface area contributed by atoms with Crippen LogP contribution in [0.4, 0.5) is 5.13 Å². The lowest BCUT2D eigenvalue weighted by Crippen LogP contribution is -2.39. The van der Waals surface area contributed by atoms with Crippen molar-refractivity contribution in [2.45, 2.75) is 31.6 Å².